The maximum absolute atomic E-state index is 11.2. The summed E-state index contributed by atoms with van der Waals surface area (Å²) < 4.78 is 68.5. The van der Waals surface area contributed by atoms with E-state index in [-0.39, 0.29) is 44.4 Å². The summed E-state index contributed by atoms with van der Waals surface area (Å²) in [6, 6.07) is 7.96. The third kappa shape index (κ3) is 16.5. The van der Waals surface area contributed by atoms with Crippen LogP contribution in [0.15, 0.2) is 43.1 Å². The van der Waals surface area contributed by atoms with Crippen LogP contribution in [0.4, 0.5) is 0 Å². The Morgan fingerprint density at radius 1 is 0.976 bits per heavy atom. The lowest BCUT2D eigenvalue weighted by atomic mass is 9.73. The summed E-state index contributed by atoms with van der Waals surface area (Å²) in [7, 11) is -7.67. The van der Waals surface area contributed by atoms with Gasteiger partial charge in [-0.05, 0) is 61.1 Å². The van der Waals surface area contributed by atoms with Crippen molar-refractivity contribution in [1.29, 1.82) is 0 Å². The molecule has 5 atom stereocenters. The Bertz CT molecular complexity index is 1170. The fourth-order valence-electron chi connectivity index (χ4n) is 4.44. The van der Waals surface area contributed by atoms with E-state index in [0.717, 1.165) is 41.7 Å². The molecule has 0 saturated carbocycles. The van der Waals surface area contributed by atoms with Crippen molar-refractivity contribution in [2.24, 2.45) is 11.8 Å². The Balaban J connectivity index is -0.000000158. The van der Waals surface area contributed by atoms with Crippen molar-refractivity contribution in [3.8, 4) is 5.75 Å². The van der Waals surface area contributed by atoms with Gasteiger partial charge in [-0.15, -0.1) is 6.58 Å². The summed E-state index contributed by atoms with van der Waals surface area (Å²) in [4.78, 5) is 6.86. The van der Waals surface area contributed by atoms with E-state index < -0.39 is 26.9 Å². The molecule has 3 aliphatic rings. The summed E-state index contributed by atoms with van der Waals surface area (Å²) in [5.74, 6) is 2.01. The van der Waals surface area contributed by atoms with Crippen LogP contribution in [-0.4, -0.2) is 115 Å². The van der Waals surface area contributed by atoms with Crippen LogP contribution >= 0.6 is 0 Å². The number of hydrogen-bond acceptors (Lipinski definition) is 8. The molecule has 2 unspecified atom stereocenters. The first-order chi connectivity index (χ1) is 15.7. The zero-order valence-corrected chi connectivity index (χ0v) is 23.4. The monoisotopic (exact) mass is 646 g/mol. The first-order valence-corrected chi connectivity index (χ1v) is 12.9. The number of fused-ring (bicyclic) bond motifs is 4. The third-order valence-corrected chi connectivity index (χ3v) is 5.82. The van der Waals surface area contributed by atoms with Gasteiger partial charge in [0.2, 0.25) is 0 Å². The van der Waals surface area contributed by atoms with Gasteiger partial charge >= 0.3 is 20.8 Å². The molecule has 0 aliphatic carbocycles. The molecule has 19 nitrogen and oxygen atoms in total. The van der Waals surface area contributed by atoms with Crippen molar-refractivity contribution in [3.05, 3.63) is 48.7 Å². The van der Waals surface area contributed by atoms with Crippen molar-refractivity contribution < 1.29 is 83.2 Å². The van der Waals surface area contributed by atoms with Gasteiger partial charge in [-0.3, -0.25) is 28.1 Å². The highest BCUT2D eigenvalue weighted by molar-refractivity contribution is 7.80. The molecule has 2 bridgehead atoms. The van der Waals surface area contributed by atoms with E-state index in [1.54, 1.807) is 13.3 Å². The lowest BCUT2D eigenvalue weighted by molar-refractivity contribution is -0.0444. The molecule has 1 aromatic carbocycles. The van der Waals surface area contributed by atoms with Gasteiger partial charge in [-0.25, -0.2) is 0 Å². The minimum absolute atomic E-state index is 0. The fourth-order valence-corrected chi connectivity index (χ4v) is 4.44. The smallest absolute Gasteiger partial charge is 0.394 e. The number of pyridine rings is 1. The van der Waals surface area contributed by atoms with Crippen LogP contribution in [0.25, 0.3) is 10.9 Å². The molecule has 2 aromatic rings. The Morgan fingerprint density at radius 3 is 1.90 bits per heavy atom. The molecule has 4 heterocycles. The van der Waals surface area contributed by atoms with E-state index in [1.165, 1.54) is 6.42 Å². The number of hydrogen-bond donors (Lipinski definition) is 5. The van der Waals surface area contributed by atoms with Crippen LogP contribution in [0.5, 0.6) is 5.75 Å². The molecule has 5 rings (SSSR count). The van der Waals surface area contributed by atoms with Gasteiger partial charge in [0.15, 0.2) is 0 Å². The average Bonchev–Trinajstić information content (AvgIpc) is 2.75. The molecule has 21 heteroatoms. The van der Waals surface area contributed by atoms with Crippen LogP contribution in [0.1, 0.15) is 24.5 Å². The van der Waals surface area contributed by atoms with Crippen molar-refractivity contribution in [2.45, 2.75) is 25.0 Å². The molecule has 0 radical (unpaired) electrons. The van der Waals surface area contributed by atoms with Crippen molar-refractivity contribution in [3.63, 3.8) is 0 Å². The second kappa shape index (κ2) is 21.3. The van der Waals surface area contributed by atoms with Crippen LogP contribution in [0.3, 0.4) is 0 Å². The largest absolute Gasteiger partial charge is 0.497 e. The Kier molecular flexibility index (Phi) is 26.6. The molecule has 3 aliphatic heterocycles. The maximum Gasteiger partial charge on any atom is 0.394 e. The summed E-state index contributed by atoms with van der Waals surface area (Å²) in [6.07, 6.45) is 5.62. The molecular weight excluding hydrogens is 604 g/mol. The molecule has 19 N–H and O–H groups in total. The first-order valence-electron chi connectivity index (χ1n) is 10.1. The number of methoxy groups -OCH3 is 1. The summed E-state index contributed by atoms with van der Waals surface area (Å²) in [5, 5.41) is 12.1. The van der Waals surface area contributed by atoms with E-state index in [9.17, 15) is 5.11 Å². The minimum atomic E-state index is -4.67. The number of aliphatic hydroxyl groups is 1. The average molecular weight is 647 g/mol. The Hall–Kier alpha value is -2.45. The highest BCUT2D eigenvalue weighted by atomic mass is 32.3. The highest BCUT2D eigenvalue weighted by Crippen LogP contribution is 2.42. The Morgan fingerprint density at radius 2 is 1.49 bits per heavy atom. The van der Waals surface area contributed by atoms with Gasteiger partial charge in [-0.1, -0.05) is 6.08 Å². The van der Waals surface area contributed by atoms with Gasteiger partial charge in [0.25, 0.3) is 0 Å². The van der Waals surface area contributed by atoms with E-state index >= 15 is 0 Å². The maximum atomic E-state index is 11.2. The second-order valence-electron chi connectivity index (χ2n) is 7.87. The van der Waals surface area contributed by atoms with Gasteiger partial charge < -0.3 is 48.2 Å². The molecule has 0 amide bonds. The number of benzene rings is 1. The topological polar surface area (TPSA) is 415 Å². The van der Waals surface area contributed by atoms with Crippen molar-refractivity contribution in [2.75, 3.05) is 20.2 Å². The molecule has 0 spiro atoms. The van der Waals surface area contributed by atoms with Gasteiger partial charge in [0, 0.05) is 24.2 Å². The standard InChI is InChI=1S/C20H24N2O2.2H2O4S.7H2O/c1-3-13-12-22-9-7-14(13)10-19(22)20(23)16-6-8-21-18-5-4-15(24-2)11-17(16)18;2*1-5(2,3)4;;;;;;;/h3-6,8,11,13-14,19-20,23H,1,7,9-10,12H2,2H3;2*(H2,1,2,3,4);7*1H2/t13-,14?,19-,20+;;;;;;;;;/m0........./s1. The minimum Gasteiger partial charge on any atom is -0.497 e. The van der Waals surface area contributed by atoms with Crippen molar-refractivity contribution >= 4 is 31.7 Å². The quantitative estimate of drug-likeness (QED) is 0.157. The molecule has 1 aromatic heterocycles. The fraction of sp³-hybridized carbons (Fsp3) is 0.450. The molecular formula is C20H42N2O17S2. The number of piperidine rings is 3. The van der Waals surface area contributed by atoms with Crippen LogP contribution in [0.2, 0.25) is 0 Å². The molecule has 3 saturated heterocycles. The second-order valence-corrected chi connectivity index (χ2v) is 9.66. The number of aromatic nitrogens is 1. The lowest BCUT2D eigenvalue weighted by Gasteiger charge is -2.50. The summed E-state index contributed by atoms with van der Waals surface area (Å²) in [5.41, 5.74) is 1.85. The predicted octanol–water partition coefficient (Wildman–Crippen LogP) is -3.91. The van der Waals surface area contributed by atoms with Gasteiger partial charge in [0.05, 0.1) is 18.7 Å². The zero-order chi connectivity index (χ0) is 25.7. The number of rotatable bonds is 4. The van der Waals surface area contributed by atoms with Gasteiger partial charge in [-0.2, -0.15) is 16.8 Å². The number of nitrogens with zero attached hydrogens (tertiary/aromatic N) is 2. The summed E-state index contributed by atoms with van der Waals surface area (Å²) in [6.45, 7) is 6.07. The third-order valence-electron chi connectivity index (χ3n) is 5.82. The van der Waals surface area contributed by atoms with E-state index in [4.69, 9.17) is 39.8 Å². The predicted molar refractivity (Wildman–Crippen MR) is 149 cm³/mol. The molecule has 246 valence electrons. The van der Waals surface area contributed by atoms with E-state index in [2.05, 4.69) is 22.5 Å². The number of ether oxygens (including phenoxy) is 1. The van der Waals surface area contributed by atoms with Crippen LogP contribution < -0.4 is 4.74 Å². The van der Waals surface area contributed by atoms with E-state index in [1.807, 2.05) is 24.3 Å². The molecule has 3 fully saturated rings. The van der Waals surface area contributed by atoms with Crippen molar-refractivity contribution in [1.82, 2.24) is 9.88 Å². The highest BCUT2D eigenvalue weighted by Gasteiger charge is 2.42. The molecule has 41 heavy (non-hydrogen) atoms. The lowest BCUT2D eigenvalue weighted by Crippen LogP contribution is -2.54. The van der Waals surface area contributed by atoms with Gasteiger partial charge in [0.1, 0.15) is 5.75 Å². The van der Waals surface area contributed by atoms with E-state index in [0.29, 0.717) is 11.8 Å². The summed E-state index contributed by atoms with van der Waals surface area (Å²) >= 11 is 0. The first kappa shape index (κ1) is 51.3. The van der Waals surface area contributed by atoms with Crippen LogP contribution in [0, 0.1) is 11.8 Å². The Labute approximate surface area is 236 Å². The normalized spacial score (nSPS) is 20.5. The van der Waals surface area contributed by atoms with Crippen LogP contribution in [-0.2, 0) is 20.8 Å². The SMILES string of the molecule is C=C[C@H]1CN2CCC1C[C@H]2[C@H](O)c1ccnc2ccc(OC)cc12.O.O.O.O.O.O.O.O=S(=O)(O)O.O=S(=O)(O)O. The number of aliphatic hydroxyl groups excluding tert-OH is 1. The zero-order valence-electron chi connectivity index (χ0n) is 21.8.